The maximum Gasteiger partial charge on any atom is 0.256 e. The Hall–Kier alpha value is -4.98. The molecule has 288 valence electrons. The normalized spacial score (nSPS) is 20.0. The fraction of sp³-hybridized carbons (Fsp3) is 0.452. The summed E-state index contributed by atoms with van der Waals surface area (Å²) in [5.41, 5.74) is 1.86. The number of amides is 2. The van der Waals surface area contributed by atoms with E-state index in [1.54, 1.807) is 10.8 Å². The van der Waals surface area contributed by atoms with E-state index in [0.717, 1.165) is 56.2 Å². The highest BCUT2D eigenvalue weighted by molar-refractivity contribution is 6.07. The third-order valence-corrected chi connectivity index (χ3v) is 12.0. The van der Waals surface area contributed by atoms with Crippen LogP contribution in [0.4, 0.5) is 10.1 Å². The van der Waals surface area contributed by atoms with E-state index in [2.05, 4.69) is 32.8 Å². The third kappa shape index (κ3) is 6.82. The molecule has 6 heterocycles. The summed E-state index contributed by atoms with van der Waals surface area (Å²) in [6.45, 7) is 6.06. The number of carbonyl (C=O) groups is 2. The molecule has 0 saturated carbocycles. The van der Waals surface area contributed by atoms with Gasteiger partial charge in [-0.15, -0.1) is 0 Å². The molecule has 0 spiro atoms. The summed E-state index contributed by atoms with van der Waals surface area (Å²) in [5, 5.41) is 11.1. The highest BCUT2D eigenvalue weighted by Crippen LogP contribution is 2.49. The number of hydrogen-bond donors (Lipinski definition) is 3. The van der Waals surface area contributed by atoms with Gasteiger partial charge < -0.3 is 44.4 Å². The first-order valence-corrected chi connectivity index (χ1v) is 19.8. The minimum absolute atomic E-state index is 0.0502. The van der Waals surface area contributed by atoms with Crippen molar-refractivity contribution >= 4 is 50.3 Å². The van der Waals surface area contributed by atoms with Crippen molar-refractivity contribution in [2.45, 2.75) is 57.0 Å². The largest absolute Gasteiger partial charge is 0.456 e. The van der Waals surface area contributed by atoms with Gasteiger partial charge in [-0.25, -0.2) is 4.39 Å². The number of para-hydroxylation sites is 1. The van der Waals surface area contributed by atoms with Gasteiger partial charge in [-0.05, 0) is 90.0 Å². The summed E-state index contributed by atoms with van der Waals surface area (Å²) in [4.78, 5) is 47.3. The Balaban J connectivity index is 1.02. The molecule has 12 nitrogen and oxygen atoms in total. The van der Waals surface area contributed by atoms with Gasteiger partial charge in [0, 0.05) is 61.3 Å². The summed E-state index contributed by atoms with van der Waals surface area (Å²) in [6, 6.07) is 13.0. The van der Waals surface area contributed by atoms with Crippen molar-refractivity contribution < 1.29 is 23.1 Å². The summed E-state index contributed by atoms with van der Waals surface area (Å²) in [7, 11) is 2.15. The molecule has 3 N–H and O–H groups in total. The molecular weight excluding hydrogens is 702 g/mol. The smallest absolute Gasteiger partial charge is 0.256 e. The quantitative estimate of drug-likeness (QED) is 0.155. The molecule has 13 heteroatoms. The van der Waals surface area contributed by atoms with Crippen molar-refractivity contribution in [1.29, 1.82) is 0 Å². The Labute approximate surface area is 318 Å². The lowest BCUT2D eigenvalue weighted by atomic mass is 10.0. The summed E-state index contributed by atoms with van der Waals surface area (Å²) < 4.78 is 31.2. The van der Waals surface area contributed by atoms with Crippen LogP contribution in [0.5, 0.6) is 11.5 Å². The maximum atomic E-state index is 16.5. The molecule has 2 aromatic heterocycles. The molecule has 4 aliphatic heterocycles. The van der Waals surface area contributed by atoms with Crippen molar-refractivity contribution in [3.63, 3.8) is 0 Å². The number of carbonyl (C=O) groups excluding carboxylic acids is 2. The summed E-state index contributed by atoms with van der Waals surface area (Å²) in [6.07, 6.45) is 9.09. The highest BCUT2D eigenvalue weighted by Gasteiger charge is 2.34. The molecule has 4 aliphatic rings. The number of rotatable bonds is 11. The van der Waals surface area contributed by atoms with Crippen molar-refractivity contribution in [2.75, 3.05) is 70.9 Å². The predicted octanol–water partition coefficient (Wildman–Crippen LogP) is 5.12. The maximum absolute atomic E-state index is 16.5. The van der Waals surface area contributed by atoms with Crippen LogP contribution < -0.4 is 31.0 Å². The zero-order valence-corrected chi connectivity index (χ0v) is 31.3. The summed E-state index contributed by atoms with van der Waals surface area (Å²) in [5.74, 6) is -0.579. The number of nitrogens with zero attached hydrogens (tertiary/aromatic N) is 4. The van der Waals surface area contributed by atoms with Gasteiger partial charge >= 0.3 is 0 Å². The van der Waals surface area contributed by atoms with Crippen molar-refractivity contribution in [1.82, 2.24) is 30.3 Å². The zero-order valence-electron chi connectivity index (χ0n) is 31.3. The number of nitrogens with one attached hydrogen (secondary N) is 3. The number of ether oxygens (including phenoxy) is 1. The van der Waals surface area contributed by atoms with Gasteiger partial charge in [0.15, 0.2) is 17.3 Å². The first kappa shape index (κ1) is 35.7. The number of benzene rings is 3. The van der Waals surface area contributed by atoms with Crippen LogP contribution in [-0.2, 0) is 4.79 Å². The molecule has 1 unspecified atom stereocenters. The van der Waals surface area contributed by atoms with Crippen LogP contribution in [0.3, 0.4) is 0 Å². The number of anilines is 1. The Kier molecular flexibility index (Phi) is 9.69. The molecule has 9 rings (SSSR count). The zero-order chi connectivity index (χ0) is 37.6. The Morgan fingerprint density at radius 1 is 0.927 bits per heavy atom. The van der Waals surface area contributed by atoms with Crippen LogP contribution in [0, 0.1) is 5.82 Å². The molecule has 0 aliphatic carbocycles. The van der Waals surface area contributed by atoms with Crippen molar-refractivity contribution in [3.05, 3.63) is 70.3 Å². The standard InChI is InChI=1S/C42H48FN7O5/c1-47-15-7-8-27(47)11-13-44-23-37(51)46-26-12-18-49(24-26)39-32(43)20-30-38-41(39)55-36-21-29-28-9-3-4-10-34(28)54-35(29)22-33(36)50(38)25-31(40(30)52)42(53)45-14-19-48-16-5-2-6-17-48/h3-4,9-10,20-22,25-27,44H,2,5-8,11-19,23-24H2,1H3,(H,45,53)(H,46,51)/t26-,27?/m1/s1. The molecule has 5 aromatic rings. The second-order valence-electron chi connectivity index (χ2n) is 15.6. The number of likely N-dealkylation sites (tertiary alicyclic amines) is 2. The number of aromatic nitrogens is 1. The lowest BCUT2D eigenvalue weighted by Crippen LogP contribution is -2.42. The Morgan fingerprint density at radius 3 is 2.62 bits per heavy atom. The first-order chi connectivity index (χ1) is 26.8. The van der Waals surface area contributed by atoms with Crippen molar-refractivity contribution in [2.24, 2.45) is 0 Å². The second kappa shape index (κ2) is 14.9. The molecule has 55 heavy (non-hydrogen) atoms. The average molecular weight is 750 g/mol. The SMILES string of the molecule is CN1CCCC1CCNCC(=O)N[C@@H]1CCN(c2c(F)cc3c(=O)c(C(=O)NCCN4CCCCC4)cn4c3c2Oc2cc3c(cc2-4)oc2ccccc23)C1. The minimum Gasteiger partial charge on any atom is -0.456 e. The monoisotopic (exact) mass is 749 g/mol. The average Bonchev–Trinajstić information content (AvgIpc) is 3.92. The number of fused-ring (bicyclic) bond motifs is 5. The molecule has 2 amide bonds. The topological polar surface area (TPSA) is 124 Å². The number of piperidine rings is 1. The van der Waals surface area contributed by atoms with E-state index < -0.39 is 17.2 Å². The van der Waals surface area contributed by atoms with Gasteiger partial charge in [-0.1, -0.05) is 24.6 Å². The van der Waals surface area contributed by atoms with Crippen LogP contribution in [0.1, 0.15) is 55.3 Å². The fourth-order valence-corrected chi connectivity index (χ4v) is 9.06. The Bertz CT molecular complexity index is 2350. The third-order valence-electron chi connectivity index (χ3n) is 12.0. The van der Waals surface area contributed by atoms with Crippen LogP contribution in [0.15, 0.2) is 57.9 Å². The molecule has 3 aromatic carbocycles. The number of halogens is 1. The van der Waals surface area contributed by atoms with Gasteiger partial charge in [-0.2, -0.15) is 0 Å². The molecule has 3 fully saturated rings. The van der Waals surface area contributed by atoms with Crippen molar-refractivity contribution in [3.8, 4) is 17.2 Å². The fourth-order valence-electron chi connectivity index (χ4n) is 9.06. The van der Waals surface area contributed by atoms with E-state index in [1.807, 2.05) is 41.3 Å². The highest BCUT2D eigenvalue weighted by atomic mass is 19.1. The minimum atomic E-state index is -0.627. The van der Waals surface area contributed by atoms with Gasteiger partial charge in [0.25, 0.3) is 5.91 Å². The van der Waals surface area contributed by atoms with Gasteiger partial charge in [-0.3, -0.25) is 14.4 Å². The molecule has 0 bridgehead atoms. The summed E-state index contributed by atoms with van der Waals surface area (Å²) >= 11 is 0. The van der Waals surface area contributed by atoms with E-state index in [9.17, 15) is 14.4 Å². The van der Waals surface area contributed by atoms with E-state index >= 15 is 4.39 Å². The first-order valence-electron chi connectivity index (χ1n) is 19.8. The van der Waals surface area contributed by atoms with Gasteiger partial charge in [0.05, 0.1) is 17.6 Å². The van der Waals surface area contributed by atoms with Crippen LogP contribution in [0.2, 0.25) is 0 Å². The second-order valence-corrected chi connectivity index (χ2v) is 15.6. The van der Waals surface area contributed by atoms with E-state index in [0.29, 0.717) is 66.8 Å². The lowest BCUT2D eigenvalue weighted by molar-refractivity contribution is -0.120. The van der Waals surface area contributed by atoms with Gasteiger partial charge in [0.1, 0.15) is 27.9 Å². The number of pyridine rings is 1. The van der Waals surface area contributed by atoms with E-state index in [-0.39, 0.29) is 40.9 Å². The van der Waals surface area contributed by atoms with Gasteiger partial charge in [0.2, 0.25) is 11.3 Å². The van der Waals surface area contributed by atoms with E-state index in [1.165, 1.54) is 25.3 Å². The number of furan rings is 1. The molecule has 2 atom stereocenters. The van der Waals surface area contributed by atoms with Crippen LogP contribution in [-0.4, -0.2) is 104 Å². The molecule has 0 radical (unpaired) electrons. The van der Waals surface area contributed by atoms with E-state index in [4.69, 9.17) is 9.15 Å². The predicted molar refractivity (Wildman–Crippen MR) is 211 cm³/mol. The molecular formula is C42H48FN7O5. The lowest BCUT2D eigenvalue weighted by Gasteiger charge is -2.29. The number of hydrogen-bond acceptors (Lipinski definition) is 9. The van der Waals surface area contributed by atoms with Crippen LogP contribution in [0.25, 0.3) is 38.5 Å². The molecule has 3 saturated heterocycles. The Morgan fingerprint density at radius 2 is 1.78 bits per heavy atom. The van der Waals surface area contributed by atoms with Crippen LogP contribution >= 0.6 is 0 Å².